The quantitative estimate of drug-likeness (QED) is 0.472. The molecule has 1 heterocycles. The van der Waals surface area contributed by atoms with Crippen molar-refractivity contribution < 1.29 is 9.53 Å². The van der Waals surface area contributed by atoms with Crippen LogP contribution in [0.5, 0.6) is 5.75 Å². The average Bonchev–Trinajstić information content (AvgIpc) is 3.07. The van der Waals surface area contributed by atoms with Crippen molar-refractivity contribution in [2.45, 2.75) is 13.8 Å². The summed E-state index contributed by atoms with van der Waals surface area (Å²) in [6, 6.07) is 18.9. The monoisotopic (exact) mass is 389 g/mol. The molecule has 1 aromatic heterocycles. The van der Waals surface area contributed by atoms with Gasteiger partial charge in [-0.3, -0.25) is 10.1 Å². The zero-order valence-corrected chi connectivity index (χ0v) is 16.4. The van der Waals surface area contributed by atoms with E-state index in [2.05, 4.69) is 10.3 Å². The fourth-order valence-electron chi connectivity index (χ4n) is 2.62. The van der Waals surface area contributed by atoms with Gasteiger partial charge in [0.25, 0.3) is 5.91 Å². The molecule has 140 valence electrons. The maximum absolute atomic E-state index is 12.5. The van der Waals surface area contributed by atoms with E-state index in [-0.39, 0.29) is 5.57 Å². The molecule has 1 amide bonds. The van der Waals surface area contributed by atoms with Crippen LogP contribution >= 0.6 is 11.3 Å². The highest BCUT2D eigenvalue weighted by Crippen LogP contribution is 2.31. The summed E-state index contributed by atoms with van der Waals surface area (Å²) in [4.78, 5) is 18.0. The van der Waals surface area contributed by atoms with Crippen LogP contribution in [0.3, 0.4) is 0 Å². The molecular formula is C22H19N3O2S. The van der Waals surface area contributed by atoms with Gasteiger partial charge in [0.05, 0.1) is 12.3 Å². The second kappa shape index (κ2) is 8.98. The Morgan fingerprint density at radius 1 is 1.21 bits per heavy atom. The summed E-state index contributed by atoms with van der Waals surface area (Å²) in [6.45, 7) is 4.50. The third-order valence-electron chi connectivity index (χ3n) is 3.93. The highest BCUT2D eigenvalue weighted by Gasteiger charge is 2.15. The second-order valence-electron chi connectivity index (χ2n) is 5.92. The number of nitrogens with zero attached hydrogens (tertiary/aromatic N) is 2. The molecule has 0 saturated carbocycles. The van der Waals surface area contributed by atoms with Gasteiger partial charge >= 0.3 is 0 Å². The molecule has 0 aliphatic heterocycles. The van der Waals surface area contributed by atoms with Crippen molar-refractivity contribution in [1.29, 1.82) is 5.26 Å². The van der Waals surface area contributed by atoms with E-state index < -0.39 is 5.91 Å². The van der Waals surface area contributed by atoms with E-state index in [9.17, 15) is 10.1 Å². The molecule has 0 saturated heterocycles. The number of aromatic nitrogens is 1. The molecule has 3 rings (SSSR count). The summed E-state index contributed by atoms with van der Waals surface area (Å²) in [7, 11) is 0. The first-order valence-corrected chi connectivity index (χ1v) is 9.61. The lowest BCUT2D eigenvalue weighted by Crippen LogP contribution is -2.13. The predicted octanol–water partition coefficient (Wildman–Crippen LogP) is 5.06. The molecular weight excluding hydrogens is 370 g/mol. The maximum atomic E-state index is 12.5. The molecule has 3 aromatic rings. The van der Waals surface area contributed by atoms with E-state index in [0.717, 1.165) is 27.4 Å². The van der Waals surface area contributed by atoms with Crippen molar-refractivity contribution >= 4 is 28.5 Å². The van der Waals surface area contributed by atoms with Gasteiger partial charge in [0, 0.05) is 10.4 Å². The van der Waals surface area contributed by atoms with Gasteiger partial charge in [-0.15, -0.1) is 11.3 Å². The van der Waals surface area contributed by atoms with Crippen LogP contribution in [0.1, 0.15) is 17.4 Å². The number of ether oxygens (including phenoxy) is 1. The Labute approximate surface area is 167 Å². The van der Waals surface area contributed by atoms with E-state index in [1.807, 2.05) is 74.5 Å². The predicted molar refractivity (Wildman–Crippen MR) is 112 cm³/mol. The van der Waals surface area contributed by atoms with Crippen LogP contribution in [0.25, 0.3) is 17.3 Å². The molecule has 0 aliphatic rings. The number of hydrogen-bond acceptors (Lipinski definition) is 5. The van der Waals surface area contributed by atoms with Crippen LogP contribution in [0.15, 0.2) is 60.2 Å². The van der Waals surface area contributed by atoms with Gasteiger partial charge < -0.3 is 4.74 Å². The molecule has 0 aliphatic carbocycles. The molecule has 28 heavy (non-hydrogen) atoms. The summed E-state index contributed by atoms with van der Waals surface area (Å²) in [5, 5.41) is 12.5. The number of carbonyl (C=O) groups excluding carboxylic acids is 1. The standard InChI is InChI=1S/C22H19N3O2S/c1-3-27-19-11-9-17(10-12-19)20-15(2)28-22(24-20)25-21(26)18(14-23)13-16-7-5-4-6-8-16/h4-13H,3H2,1-2H3,(H,24,25,26)/b18-13+. The van der Waals surface area contributed by atoms with Crippen LogP contribution in [0.2, 0.25) is 0 Å². The average molecular weight is 389 g/mol. The number of hydrogen-bond donors (Lipinski definition) is 1. The number of nitrogens with one attached hydrogen (secondary N) is 1. The second-order valence-corrected chi connectivity index (χ2v) is 7.12. The molecule has 0 atom stereocenters. The fraction of sp³-hybridized carbons (Fsp3) is 0.136. The van der Waals surface area contributed by atoms with E-state index in [4.69, 9.17) is 4.74 Å². The molecule has 1 N–H and O–H groups in total. The van der Waals surface area contributed by atoms with Crippen LogP contribution in [-0.2, 0) is 4.79 Å². The Morgan fingerprint density at radius 3 is 2.57 bits per heavy atom. The Morgan fingerprint density at radius 2 is 1.93 bits per heavy atom. The summed E-state index contributed by atoms with van der Waals surface area (Å²) < 4.78 is 5.46. The molecule has 2 aromatic carbocycles. The third-order valence-corrected chi connectivity index (χ3v) is 4.82. The minimum atomic E-state index is -0.474. The molecule has 0 radical (unpaired) electrons. The number of aryl methyl sites for hydroxylation is 1. The van der Waals surface area contributed by atoms with Crippen LogP contribution in [-0.4, -0.2) is 17.5 Å². The highest BCUT2D eigenvalue weighted by molar-refractivity contribution is 7.16. The number of nitriles is 1. The van der Waals surface area contributed by atoms with Gasteiger partial charge in [-0.05, 0) is 49.8 Å². The smallest absolute Gasteiger partial charge is 0.268 e. The van der Waals surface area contributed by atoms with E-state index in [0.29, 0.717) is 11.7 Å². The van der Waals surface area contributed by atoms with E-state index >= 15 is 0 Å². The Kier molecular flexibility index (Phi) is 6.20. The van der Waals surface area contributed by atoms with Crippen molar-refractivity contribution in [3.63, 3.8) is 0 Å². The van der Waals surface area contributed by atoms with Gasteiger partial charge in [0.15, 0.2) is 5.13 Å². The lowest BCUT2D eigenvalue weighted by atomic mass is 10.1. The molecule has 0 unspecified atom stereocenters. The number of thiazole rings is 1. The minimum Gasteiger partial charge on any atom is -0.494 e. The number of rotatable bonds is 6. The van der Waals surface area contributed by atoms with Crippen molar-refractivity contribution in [2.75, 3.05) is 11.9 Å². The number of anilines is 1. The van der Waals surface area contributed by atoms with Crippen LogP contribution < -0.4 is 10.1 Å². The first-order chi connectivity index (χ1) is 13.6. The van der Waals surface area contributed by atoms with Crippen LogP contribution in [0.4, 0.5) is 5.13 Å². The Bertz CT molecular complexity index is 1030. The Hall–Kier alpha value is -3.43. The molecule has 0 bridgehead atoms. The van der Waals surface area contributed by atoms with Crippen molar-refractivity contribution in [3.05, 3.63) is 70.6 Å². The number of benzene rings is 2. The van der Waals surface area contributed by atoms with E-state index in [1.54, 1.807) is 6.08 Å². The largest absolute Gasteiger partial charge is 0.494 e. The zero-order chi connectivity index (χ0) is 19.9. The SMILES string of the molecule is CCOc1ccc(-c2nc(NC(=O)/C(C#N)=C/c3ccccc3)sc2C)cc1. The van der Waals surface area contributed by atoms with Crippen molar-refractivity contribution in [2.24, 2.45) is 0 Å². The molecule has 6 heteroatoms. The van der Waals surface area contributed by atoms with Crippen LogP contribution in [0, 0.1) is 18.3 Å². The third kappa shape index (κ3) is 4.64. The normalized spacial score (nSPS) is 11.0. The molecule has 0 fully saturated rings. The maximum Gasteiger partial charge on any atom is 0.268 e. The van der Waals surface area contributed by atoms with Gasteiger partial charge in [-0.2, -0.15) is 5.26 Å². The molecule has 0 spiro atoms. The van der Waals surface area contributed by atoms with Gasteiger partial charge in [0.2, 0.25) is 0 Å². The van der Waals surface area contributed by atoms with Gasteiger partial charge in [-0.25, -0.2) is 4.98 Å². The van der Waals surface area contributed by atoms with Crippen molar-refractivity contribution in [3.8, 4) is 23.1 Å². The summed E-state index contributed by atoms with van der Waals surface area (Å²) in [5.74, 6) is 0.329. The fourth-order valence-corrected chi connectivity index (χ4v) is 3.45. The van der Waals surface area contributed by atoms with Crippen molar-refractivity contribution in [1.82, 2.24) is 4.98 Å². The Balaban J connectivity index is 1.78. The summed E-state index contributed by atoms with van der Waals surface area (Å²) in [6.07, 6.45) is 1.56. The lowest BCUT2D eigenvalue weighted by Gasteiger charge is -2.04. The highest BCUT2D eigenvalue weighted by atomic mass is 32.1. The van der Waals surface area contributed by atoms with E-state index in [1.165, 1.54) is 11.3 Å². The van der Waals surface area contributed by atoms with Gasteiger partial charge in [-0.1, -0.05) is 30.3 Å². The van der Waals surface area contributed by atoms with Gasteiger partial charge in [0.1, 0.15) is 17.4 Å². The number of amides is 1. The summed E-state index contributed by atoms with van der Waals surface area (Å²) in [5.41, 5.74) is 2.56. The minimum absolute atomic E-state index is 0.0293. The number of carbonyl (C=O) groups is 1. The molecule has 5 nitrogen and oxygen atoms in total. The topological polar surface area (TPSA) is 75.0 Å². The first kappa shape index (κ1) is 19.3. The first-order valence-electron chi connectivity index (χ1n) is 8.79. The lowest BCUT2D eigenvalue weighted by molar-refractivity contribution is -0.112. The zero-order valence-electron chi connectivity index (χ0n) is 15.6. The summed E-state index contributed by atoms with van der Waals surface area (Å²) >= 11 is 1.38.